The average molecular weight is 450 g/mol. The molecule has 0 aliphatic carbocycles. The van der Waals surface area contributed by atoms with E-state index in [1.807, 2.05) is 50.2 Å². The summed E-state index contributed by atoms with van der Waals surface area (Å²) < 4.78 is 16.4. The van der Waals surface area contributed by atoms with E-state index in [1.165, 1.54) is 11.3 Å². The molecular formula is C24H23N3O4S. The summed E-state index contributed by atoms with van der Waals surface area (Å²) in [6.45, 7) is 3.90. The minimum atomic E-state index is -0.244. The number of carbonyl (C=O) groups is 1. The average Bonchev–Trinajstić information content (AvgIpc) is 3.13. The molecule has 8 heteroatoms. The predicted molar refractivity (Wildman–Crippen MR) is 126 cm³/mol. The third kappa shape index (κ3) is 3.97. The lowest BCUT2D eigenvalue weighted by molar-refractivity contribution is 0.102. The fourth-order valence-electron chi connectivity index (χ4n) is 3.43. The van der Waals surface area contributed by atoms with E-state index in [0.29, 0.717) is 39.2 Å². The van der Waals surface area contributed by atoms with E-state index in [4.69, 9.17) is 19.2 Å². The molecule has 2 heterocycles. The van der Waals surface area contributed by atoms with Crippen molar-refractivity contribution >= 4 is 33.3 Å². The fourth-order valence-corrected chi connectivity index (χ4v) is 4.24. The molecule has 2 aromatic heterocycles. The minimum Gasteiger partial charge on any atom is -0.493 e. The topological polar surface area (TPSA) is 82.6 Å². The van der Waals surface area contributed by atoms with Crippen molar-refractivity contribution in [2.45, 2.75) is 13.8 Å². The molecule has 2 aromatic carbocycles. The van der Waals surface area contributed by atoms with Crippen LogP contribution in [-0.4, -0.2) is 37.2 Å². The summed E-state index contributed by atoms with van der Waals surface area (Å²) in [6.07, 6.45) is 0. The first-order valence-corrected chi connectivity index (χ1v) is 10.7. The van der Waals surface area contributed by atoms with Crippen molar-refractivity contribution in [3.63, 3.8) is 0 Å². The van der Waals surface area contributed by atoms with Crippen LogP contribution in [0.2, 0.25) is 0 Å². The number of ether oxygens (including phenoxy) is 3. The second-order valence-corrected chi connectivity index (χ2v) is 8.30. The second-order valence-electron chi connectivity index (χ2n) is 7.10. The first-order chi connectivity index (χ1) is 15.4. The molecule has 0 saturated heterocycles. The van der Waals surface area contributed by atoms with Crippen LogP contribution in [0.1, 0.15) is 20.9 Å². The summed E-state index contributed by atoms with van der Waals surface area (Å²) in [6, 6.07) is 12.9. The van der Waals surface area contributed by atoms with Gasteiger partial charge in [0.05, 0.1) is 43.8 Å². The molecule has 1 amide bonds. The molecule has 4 aromatic rings. The quantitative estimate of drug-likeness (QED) is 0.433. The van der Waals surface area contributed by atoms with Crippen molar-refractivity contribution < 1.29 is 19.0 Å². The molecule has 7 nitrogen and oxygen atoms in total. The molecule has 0 radical (unpaired) electrons. The maximum absolute atomic E-state index is 13.2. The number of methoxy groups -OCH3 is 3. The van der Waals surface area contributed by atoms with Crippen LogP contribution in [-0.2, 0) is 0 Å². The van der Waals surface area contributed by atoms with Gasteiger partial charge in [0, 0.05) is 15.8 Å². The zero-order valence-electron chi connectivity index (χ0n) is 18.5. The largest absolute Gasteiger partial charge is 0.493 e. The van der Waals surface area contributed by atoms with Crippen LogP contribution in [0.25, 0.3) is 22.2 Å². The van der Waals surface area contributed by atoms with E-state index < -0.39 is 0 Å². The van der Waals surface area contributed by atoms with E-state index in [2.05, 4.69) is 10.3 Å². The first kappa shape index (κ1) is 21.6. The van der Waals surface area contributed by atoms with E-state index in [-0.39, 0.29) is 5.91 Å². The molecule has 0 fully saturated rings. The van der Waals surface area contributed by atoms with E-state index in [9.17, 15) is 4.79 Å². The molecule has 32 heavy (non-hydrogen) atoms. The lowest BCUT2D eigenvalue weighted by atomic mass is 10.0. The Balaban J connectivity index is 1.85. The molecule has 0 spiro atoms. The van der Waals surface area contributed by atoms with E-state index >= 15 is 0 Å². The predicted octanol–water partition coefficient (Wildman–Crippen LogP) is 5.25. The van der Waals surface area contributed by atoms with Crippen molar-refractivity contribution in [3.8, 4) is 28.5 Å². The number of hydrogen-bond donors (Lipinski definition) is 1. The van der Waals surface area contributed by atoms with Gasteiger partial charge in [-0.2, -0.15) is 0 Å². The summed E-state index contributed by atoms with van der Waals surface area (Å²) in [5, 5.41) is 4.25. The SMILES string of the molecule is COc1cc(-c2cc(C(=O)Nc3nc(C)c(C)s3)c3ccccc3n2)cc(OC)c1OC. The third-order valence-corrected chi connectivity index (χ3v) is 6.16. The number of amides is 1. The number of benzene rings is 2. The van der Waals surface area contributed by atoms with Gasteiger partial charge in [0.2, 0.25) is 5.75 Å². The number of nitrogens with zero attached hydrogens (tertiary/aromatic N) is 2. The fraction of sp³-hybridized carbons (Fsp3) is 0.208. The van der Waals surface area contributed by atoms with Gasteiger partial charge in [-0.3, -0.25) is 10.1 Å². The first-order valence-electron chi connectivity index (χ1n) is 9.90. The molecule has 0 aliphatic rings. The number of fused-ring (bicyclic) bond motifs is 1. The van der Waals surface area contributed by atoms with Gasteiger partial charge in [-0.15, -0.1) is 11.3 Å². The number of hydrogen-bond acceptors (Lipinski definition) is 7. The van der Waals surface area contributed by atoms with Gasteiger partial charge in [0.15, 0.2) is 16.6 Å². The number of pyridine rings is 1. The van der Waals surface area contributed by atoms with E-state index in [0.717, 1.165) is 21.5 Å². The Kier molecular flexibility index (Phi) is 5.96. The summed E-state index contributed by atoms with van der Waals surface area (Å²) in [5.74, 6) is 1.27. The highest BCUT2D eigenvalue weighted by atomic mass is 32.1. The van der Waals surface area contributed by atoms with Gasteiger partial charge >= 0.3 is 0 Å². The number of para-hydroxylation sites is 1. The van der Waals surface area contributed by atoms with Crippen LogP contribution in [0, 0.1) is 13.8 Å². The number of rotatable bonds is 6. The van der Waals surface area contributed by atoms with Gasteiger partial charge in [0.25, 0.3) is 5.91 Å². The molecule has 0 unspecified atom stereocenters. The summed E-state index contributed by atoms with van der Waals surface area (Å²) >= 11 is 1.45. The van der Waals surface area contributed by atoms with Crippen molar-refractivity contribution in [2.75, 3.05) is 26.6 Å². The maximum atomic E-state index is 13.2. The number of nitrogens with one attached hydrogen (secondary N) is 1. The number of thiazole rings is 1. The van der Waals surface area contributed by atoms with Gasteiger partial charge in [0.1, 0.15) is 0 Å². The highest BCUT2D eigenvalue weighted by Crippen LogP contribution is 2.41. The Morgan fingerprint density at radius 2 is 1.62 bits per heavy atom. The van der Waals surface area contributed by atoms with Crippen LogP contribution >= 0.6 is 11.3 Å². The molecule has 1 N–H and O–H groups in total. The Morgan fingerprint density at radius 1 is 0.938 bits per heavy atom. The third-order valence-electron chi connectivity index (χ3n) is 5.17. The lowest BCUT2D eigenvalue weighted by Gasteiger charge is -2.15. The molecule has 0 atom stereocenters. The second kappa shape index (κ2) is 8.84. The summed E-state index contributed by atoms with van der Waals surface area (Å²) in [7, 11) is 4.68. The normalized spacial score (nSPS) is 10.8. The number of aromatic nitrogens is 2. The van der Waals surface area contributed by atoms with Crippen molar-refractivity contribution in [3.05, 3.63) is 58.6 Å². The Bertz CT molecular complexity index is 1270. The highest BCUT2D eigenvalue weighted by molar-refractivity contribution is 7.15. The van der Waals surface area contributed by atoms with Gasteiger partial charge in [-0.25, -0.2) is 9.97 Å². The van der Waals surface area contributed by atoms with Crippen molar-refractivity contribution in [1.29, 1.82) is 0 Å². The van der Waals surface area contributed by atoms with Crippen LogP contribution in [0.4, 0.5) is 5.13 Å². The monoisotopic (exact) mass is 449 g/mol. The van der Waals surface area contributed by atoms with Crippen LogP contribution in [0.5, 0.6) is 17.2 Å². The number of anilines is 1. The number of aryl methyl sites for hydroxylation is 2. The van der Waals surface area contributed by atoms with E-state index in [1.54, 1.807) is 27.4 Å². The molecular weight excluding hydrogens is 426 g/mol. The molecule has 0 saturated carbocycles. The number of carbonyl (C=O) groups excluding carboxylic acids is 1. The van der Waals surface area contributed by atoms with Crippen LogP contribution < -0.4 is 19.5 Å². The highest BCUT2D eigenvalue weighted by Gasteiger charge is 2.19. The van der Waals surface area contributed by atoms with Gasteiger partial charge in [-0.1, -0.05) is 18.2 Å². The Labute approximate surface area is 190 Å². The molecule has 0 bridgehead atoms. The maximum Gasteiger partial charge on any atom is 0.258 e. The van der Waals surface area contributed by atoms with Crippen molar-refractivity contribution in [2.24, 2.45) is 0 Å². The zero-order chi connectivity index (χ0) is 22.8. The van der Waals surface area contributed by atoms with Gasteiger partial charge in [-0.05, 0) is 38.1 Å². The lowest BCUT2D eigenvalue weighted by Crippen LogP contribution is -2.13. The standard InChI is InChI=1S/C24H23N3O4S/c1-13-14(2)32-24(25-13)27-23(28)17-12-19(26-18-9-7-6-8-16(17)18)15-10-20(29-3)22(31-5)21(11-15)30-4/h6-12H,1-5H3,(H,25,27,28). The molecule has 164 valence electrons. The molecule has 0 aliphatic heterocycles. The summed E-state index contributed by atoms with van der Waals surface area (Å²) in [4.78, 5) is 23.5. The Morgan fingerprint density at radius 3 is 2.22 bits per heavy atom. The Hall–Kier alpha value is -3.65. The van der Waals surface area contributed by atoms with Crippen molar-refractivity contribution in [1.82, 2.24) is 9.97 Å². The smallest absolute Gasteiger partial charge is 0.258 e. The minimum absolute atomic E-state index is 0.244. The summed E-state index contributed by atoms with van der Waals surface area (Å²) in [5.41, 5.74) is 3.46. The van der Waals surface area contributed by atoms with Crippen LogP contribution in [0.15, 0.2) is 42.5 Å². The zero-order valence-corrected chi connectivity index (χ0v) is 19.3. The van der Waals surface area contributed by atoms with Crippen LogP contribution in [0.3, 0.4) is 0 Å². The van der Waals surface area contributed by atoms with Gasteiger partial charge < -0.3 is 14.2 Å². The molecule has 4 rings (SSSR count).